The molecule has 0 aliphatic carbocycles. The van der Waals surface area contributed by atoms with Crippen molar-refractivity contribution in [2.45, 2.75) is 13.8 Å². The first-order chi connectivity index (χ1) is 12.3. The number of hydrogen-bond acceptors (Lipinski definition) is 6. The predicted octanol–water partition coefficient (Wildman–Crippen LogP) is 3.21. The monoisotopic (exact) mass is 421 g/mol. The number of phenols is 1. The molecule has 1 amide bonds. The normalized spacial score (nSPS) is 10.7. The maximum absolute atomic E-state index is 11.8. The van der Waals surface area contributed by atoms with E-state index in [1.165, 1.54) is 12.1 Å². The van der Waals surface area contributed by atoms with Crippen LogP contribution in [0, 0.1) is 24.0 Å². The number of amides is 1. The van der Waals surface area contributed by atoms with E-state index < -0.39 is 22.3 Å². The number of hydrazone groups is 1. The van der Waals surface area contributed by atoms with Crippen molar-refractivity contribution in [3.63, 3.8) is 0 Å². The first-order valence-electron chi connectivity index (χ1n) is 7.46. The Morgan fingerprint density at radius 1 is 1.31 bits per heavy atom. The molecule has 2 rings (SSSR count). The van der Waals surface area contributed by atoms with Crippen LogP contribution in [-0.2, 0) is 4.79 Å². The molecule has 0 unspecified atom stereocenters. The van der Waals surface area contributed by atoms with Crippen molar-refractivity contribution in [2.75, 3.05) is 6.61 Å². The summed E-state index contributed by atoms with van der Waals surface area (Å²) in [6, 6.07) is 8.21. The molecule has 0 saturated heterocycles. The number of carbonyl (C=O) groups is 1. The average molecular weight is 422 g/mol. The number of nitrogens with one attached hydrogen (secondary N) is 1. The maximum Gasteiger partial charge on any atom is 0.312 e. The number of phenolic OH excluding ortho intramolecular Hbond substituents is 1. The Labute approximate surface area is 157 Å². The molecule has 0 bridgehead atoms. The number of aromatic hydroxyl groups is 1. The topological polar surface area (TPSA) is 114 Å². The van der Waals surface area contributed by atoms with Gasteiger partial charge < -0.3 is 9.84 Å². The fourth-order valence-electron chi connectivity index (χ4n) is 2.21. The van der Waals surface area contributed by atoms with Gasteiger partial charge in [-0.3, -0.25) is 14.9 Å². The summed E-state index contributed by atoms with van der Waals surface area (Å²) in [5.41, 5.74) is 3.89. The van der Waals surface area contributed by atoms with Crippen LogP contribution in [0.15, 0.2) is 39.9 Å². The first-order valence-corrected chi connectivity index (χ1v) is 8.25. The minimum absolute atomic E-state index is 0.0848. The first kappa shape index (κ1) is 19.4. The van der Waals surface area contributed by atoms with Crippen molar-refractivity contribution in [3.05, 3.63) is 61.6 Å². The van der Waals surface area contributed by atoms with Gasteiger partial charge in [0.1, 0.15) is 5.75 Å². The van der Waals surface area contributed by atoms with Crippen LogP contribution >= 0.6 is 15.9 Å². The summed E-state index contributed by atoms with van der Waals surface area (Å²) in [6.07, 6.45) is 1.11. The highest BCUT2D eigenvalue weighted by atomic mass is 79.9. The van der Waals surface area contributed by atoms with E-state index in [-0.39, 0.29) is 12.2 Å². The number of benzene rings is 2. The van der Waals surface area contributed by atoms with E-state index in [0.717, 1.165) is 17.3 Å². The largest absolute Gasteiger partial charge is 0.502 e. The minimum atomic E-state index is -0.715. The maximum atomic E-state index is 11.8. The third-order valence-corrected chi connectivity index (χ3v) is 3.70. The van der Waals surface area contributed by atoms with Gasteiger partial charge in [-0.1, -0.05) is 22.0 Å². The summed E-state index contributed by atoms with van der Waals surface area (Å²) in [5, 5.41) is 24.4. The van der Waals surface area contributed by atoms with Gasteiger partial charge in [-0.15, -0.1) is 0 Å². The number of hydrogen-bond donors (Lipinski definition) is 2. The average Bonchev–Trinajstić information content (AvgIpc) is 2.54. The molecule has 0 saturated carbocycles. The van der Waals surface area contributed by atoms with Gasteiger partial charge in [-0.25, -0.2) is 5.43 Å². The van der Waals surface area contributed by atoms with Crippen LogP contribution in [-0.4, -0.2) is 28.8 Å². The van der Waals surface area contributed by atoms with Crippen LogP contribution in [0.1, 0.15) is 16.7 Å². The van der Waals surface area contributed by atoms with E-state index in [4.69, 9.17) is 4.74 Å². The smallest absolute Gasteiger partial charge is 0.312 e. The molecular formula is C17H16BrN3O5. The molecular weight excluding hydrogens is 406 g/mol. The van der Waals surface area contributed by atoms with Crippen molar-refractivity contribution in [2.24, 2.45) is 5.10 Å². The van der Waals surface area contributed by atoms with E-state index in [9.17, 15) is 20.0 Å². The molecule has 0 heterocycles. The SMILES string of the molecule is Cc1cc(C)cc(OCC(=O)N/N=C\c2cc(Br)cc([N+](=O)[O-])c2O)c1. The van der Waals surface area contributed by atoms with E-state index in [1.54, 1.807) is 0 Å². The number of rotatable bonds is 6. The Balaban J connectivity index is 1.98. The van der Waals surface area contributed by atoms with Crippen molar-refractivity contribution in [3.8, 4) is 11.5 Å². The zero-order valence-corrected chi connectivity index (χ0v) is 15.6. The zero-order valence-electron chi connectivity index (χ0n) is 14.0. The number of halogens is 1. The van der Waals surface area contributed by atoms with Crippen LogP contribution in [0.3, 0.4) is 0 Å². The number of carbonyl (C=O) groups excluding carboxylic acids is 1. The van der Waals surface area contributed by atoms with Crippen molar-refractivity contribution in [1.29, 1.82) is 0 Å². The molecule has 2 N–H and O–H groups in total. The van der Waals surface area contributed by atoms with Crippen LogP contribution in [0.4, 0.5) is 5.69 Å². The highest BCUT2D eigenvalue weighted by Crippen LogP contribution is 2.32. The lowest BCUT2D eigenvalue weighted by Gasteiger charge is -2.07. The molecule has 0 atom stereocenters. The highest BCUT2D eigenvalue weighted by molar-refractivity contribution is 9.10. The van der Waals surface area contributed by atoms with Crippen molar-refractivity contribution in [1.82, 2.24) is 5.43 Å². The van der Waals surface area contributed by atoms with E-state index in [0.29, 0.717) is 10.2 Å². The Morgan fingerprint density at radius 2 is 1.96 bits per heavy atom. The van der Waals surface area contributed by atoms with Crippen molar-refractivity contribution >= 4 is 33.7 Å². The van der Waals surface area contributed by atoms with Gasteiger partial charge in [0.2, 0.25) is 5.75 Å². The fraction of sp³-hybridized carbons (Fsp3) is 0.176. The quantitative estimate of drug-likeness (QED) is 0.422. The van der Waals surface area contributed by atoms with Gasteiger partial charge in [0.05, 0.1) is 11.1 Å². The number of nitrogens with zero attached hydrogens (tertiary/aromatic N) is 2. The van der Waals surface area contributed by atoms with Gasteiger partial charge in [0.15, 0.2) is 6.61 Å². The van der Waals surface area contributed by atoms with Crippen LogP contribution in [0.25, 0.3) is 0 Å². The molecule has 0 spiro atoms. The summed E-state index contributed by atoms with van der Waals surface area (Å²) in [4.78, 5) is 21.9. The predicted molar refractivity (Wildman–Crippen MR) is 99.6 cm³/mol. The van der Waals surface area contributed by atoms with Gasteiger partial charge in [0, 0.05) is 16.1 Å². The molecule has 2 aromatic rings. The summed E-state index contributed by atoms with van der Waals surface area (Å²) in [7, 11) is 0. The molecule has 0 aliphatic rings. The third-order valence-electron chi connectivity index (χ3n) is 3.24. The molecule has 8 nitrogen and oxygen atoms in total. The van der Waals surface area contributed by atoms with Gasteiger partial charge >= 0.3 is 5.69 Å². The zero-order chi connectivity index (χ0) is 19.3. The minimum Gasteiger partial charge on any atom is -0.502 e. The number of nitro groups is 1. The third kappa shape index (κ3) is 5.28. The summed E-state index contributed by atoms with van der Waals surface area (Å²) >= 11 is 3.11. The second-order valence-electron chi connectivity index (χ2n) is 5.53. The Hall–Kier alpha value is -2.94. The Morgan fingerprint density at radius 3 is 2.58 bits per heavy atom. The lowest BCUT2D eigenvalue weighted by atomic mass is 10.1. The van der Waals surface area contributed by atoms with Crippen LogP contribution < -0.4 is 10.2 Å². The molecule has 9 heteroatoms. The molecule has 0 fully saturated rings. The standard InChI is InChI=1S/C17H16BrN3O5/c1-10-3-11(2)5-14(4-10)26-9-16(22)20-19-8-12-6-13(18)7-15(17(12)23)21(24)25/h3-8,23H,9H2,1-2H3,(H,20,22)/b19-8-. The van der Waals surface area contributed by atoms with Crippen LogP contribution in [0.2, 0.25) is 0 Å². The van der Waals surface area contributed by atoms with Gasteiger partial charge in [-0.05, 0) is 43.2 Å². The molecule has 0 radical (unpaired) electrons. The Bertz CT molecular complexity index is 863. The van der Waals surface area contributed by atoms with Gasteiger partial charge in [0.25, 0.3) is 5.91 Å². The van der Waals surface area contributed by atoms with E-state index in [2.05, 4.69) is 26.5 Å². The lowest BCUT2D eigenvalue weighted by molar-refractivity contribution is -0.385. The molecule has 2 aromatic carbocycles. The molecule has 0 aromatic heterocycles. The summed E-state index contributed by atoms with van der Waals surface area (Å²) in [5.74, 6) is -0.478. The summed E-state index contributed by atoms with van der Waals surface area (Å²) in [6.45, 7) is 3.60. The fourth-order valence-corrected chi connectivity index (χ4v) is 2.68. The molecule has 136 valence electrons. The van der Waals surface area contributed by atoms with Crippen molar-refractivity contribution < 1.29 is 19.6 Å². The number of ether oxygens (including phenoxy) is 1. The van der Waals surface area contributed by atoms with Gasteiger partial charge in [-0.2, -0.15) is 5.10 Å². The molecule has 0 aliphatic heterocycles. The van der Waals surface area contributed by atoms with E-state index >= 15 is 0 Å². The molecule has 26 heavy (non-hydrogen) atoms. The van der Waals surface area contributed by atoms with Crippen LogP contribution in [0.5, 0.6) is 11.5 Å². The van der Waals surface area contributed by atoms with E-state index in [1.807, 2.05) is 32.0 Å². The highest BCUT2D eigenvalue weighted by Gasteiger charge is 2.17. The Kier molecular flexibility index (Phi) is 6.29. The number of nitro benzene ring substituents is 1. The second kappa shape index (κ2) is 8.43. The second-order valence-corrected chi connectivity index (χ2v) is 6.44. The summed E-state index contributed by atoms with van der Waals surface area (Å²) < 4.78 is 5.79. The lowest BCUT2D eigenvalue weighted by Crippen LogP contribution is -2.24. The number of aryl methyl sites for hydroxylation is 2.